The summed E-state index contributed by atoms with van der Waals surface area (Å²) < 4.78 is 18.8. The molecule has 0 unspecified atom stereocenters. The average molecular weight is 432 g/mol. The fourth-order valence-electron chi connectivity index (χ4n) is 4.40. The maximum atomic E-state index is 10.2. The van der Waals surface area contributed by atoms with Gasteiger partial charge < -0.3 is 19.3 Å². The lowest BCUT2D eigenvalue weighted by Gasteiger charge is -2.37. The molecule has 0 atom stereocenters. The minimum atomic E-state index is -0.597. The van der Waals surface area contributed by atoms with E-state index in [1.165, 1.54) is 0 Å². The first-order chi connectivity index (χ1) is 15.0. The van der Waals surface area contributed by atoms with Gasteiger partial charge in [0.2, 0.25) is 5.88 Å². The molecule has 4 heterocycles. The summed E-state index contributed by atoms with van der Waals surface area (Å²) in [6.45, 7) is 8.55. The molecule has 9 nitrogen and oxygen atoms in total. The third kappa shape index (κ3) is 5.16. The maximum Gasteiger partial charge on any atom is 0.316 e. The Morgan fingerprint density at radius 3 is 2.55 bits per heavy atom. The summed E-state index contributed by atoms with van der Waals surface area (Å²) in [6, 6.07) is 0.329. The van der Waals surface area contributed by atoms with Crippen LogP contribution in [0.5, 0.6) is 11.9 Å². The third-order valence-electron chi connectivity index (χ3n) is 6.31. The summed E-state index contributed by atoms with van der Waals surface area (Å²) in [5.74, 6) is 1.03. The van der Waals surface area contributed by atoms with Gasteiger partial charge in [0.15, 0.2) is 0 Å². The first kappa shape index (κ1) is 22.0. The second-order valence-corrected chi connectivity index (χ2v) is 8.80. The van der Waals surface area contributed by atoms with E-state index >= 15 is 0 Å². The summed E-state index contributed by atoms with van der Waals surface area (Å²) in [6.07, 6.45) is 6.99. The van der Waals surface area contributed by atoms with Gasteiger partial charge in [0.25, 0.3) is 0 Å². The van der Waals surface area contributed by atoms with E-state index in [1.807, 2.05) is 18.5 Å². The minimum absolute atomic E-state index is 0.329. The number of aliphatic hydroxyl groups is 1. The van der Waals surface area contributed by atoms with Crippen molar-refractivity contribution in [2.24, 2.45) is 5.92 Å². The molecule has 9 heteroatoms. The second kappa shape index (κ2) is 9.50. The number of hydrogen-bond acceptors (Lipinski definition) is 8. The van der Waals surface area contributed by atoms with E-state index in [2.05, 4.69) is 14.9 Å². The zero-order valence-electron chi connectivity index (χ0n) is 18.7. The largest absolute Gasteiger partial charge is 0.475 e. The fourth-order valence-corrected chi connectivity index (χ4v) is 4.40. The van der Waals surface area contributed by atoms with Crippen molar-refractivity contribution < 1.29 is 19.3 Å². The van der Waals surface area contributed by atoms with E-state index in [-0.39, 0.29) is 0 Å². The van der Waals surface area contributed by atoms with E-state index in [4.69, 9.17) is 19.3 Å². The number of methoxy groups -OCH3 is 1. The summed E-state index contributed by atoms with van der Waals surface area (Å²) in [4.78, 5) is 10.8. The average Bonchev–Trinajstić information content (AvgIpc) is 2.94. The Morgan fingerprint density at radius 2 is 1.87 bits per heavy atom. The predicted octanol–water partition coefficient (Wildman–Crippen LogP) is 1.65. The highest BCUT2D eigenvalue weighted by Crippen LogP contribution is 2.29. The molecule has 1 saturated heterocycles. The smallest absolute Gasteiger partial charge is 0.316 e. The van der Waals surface area contributed by atoms with Crippen LogP contribution >= 0.6 is 0 Å². The monoisotopic (exact) mass is 431 g/mol. The molecule has 0 spiro atoms. The molecule has 31 heavy (non-hydrogen) atoms. The van der Waals surface area contributed by atoms with Crippen LogP contribution in [0, 0.1) is 5.92 Å². The van der Waals surface area contributed by atoms with Crippen LogP contribution in [0.4, 0.5) is 0 Å². The number of likely N-dealkylation sites (tertiary alicyclic amines) is 1. The van der Waals surface area contributed by atoms with Crippen molar-refractivity contribution in [3.8, 4) is 17.6 Å². The molecular weight excluding hydrogens is 398 g/mol. The van der Waals surface area contributed by atoms with Crippen molar-refractivity contribution in [2.75, 3.05) is 46.6 Å². The lowest BCUT2D eigenvalue weighted by molar-refractivity contribution is -0.0138. The molecule has 1 N–H and O–H groups in total. The molecule has 2 aliphatic heterocycles. The predicted molar refractivity (Wildman–Crippen MR) is 115 cm³/mol. The Hall–Kier alpha value is -2.23. The van der Waals surface area contributed by atoms with Crippen molar-refractivity contribution >= 4 is 0 Å². The number of ether oxygens (including phenoxy) is 3. The van der Waals surface area contributed by atoms with Gasteiger partial charge in [0.05, 0.1) is 44.0 Å². The second-order valence-electron chi connectivity index (χ2n) is 8.80. The van der Waals surface area contributed by atoms with Gasteiger partial charge in [-0.1, -0.05) is 0 Å². The Labute approximate surface area is 183 Å². The Morgan fingerprint density at radius 1 is 1.16 bits per heavy atom. The van der Waals surface area contributed by atoms with E-state index in [1.54, 1.807) is 19.5 Å². The van der Waals surface area contributed by atoms with Crippen LogP contribution in [0.25, 0.3) is 5.69 Å². The van der Waals surface area contributed by atoms with Crippen LogP contribution in [-0.2, 0) is 17.6 Å². The summed E-state index contributed by atoms with van der Waals surface area (Å²) in [7, 11) is 1.55. The van der Waals surface area contributed by atoms with Crippen LogP contribution < -0.4 is 9.47 Å². The molecule has 0 aliphatic carbocycles. The van der Waals surface area contributed by atoms with Gasteiger partial charge in [0.1, 0.15) is 12.3 Å². The molecule has 0 saturated carbocycles. The van der Waals surface area contributed by atoms with Crippen molar-refractivity contribution in [3.05, 3.63) is 23.7 Å². The molecule has 170 valence electrons. The zero-order valence-corrected chi connectivity index (χ0v) is 18.7. The molecule has 2 aromatic rings. The van der Waals surface area contributed by atoms with Gasteiger partial charge in [-0.3, -0.25) is 4.90 Å². The number of fused-ring (bicyclic) bond motifs is 1. The lowest BCUT2D eigenvalue weighted by Crippen LogP contribution is -2.43. The number of piperidine rings is 1. The van der Waals surface area contributed by atoms with Crippen LogP contribution in [0.1, 0.15) is 37.9 Å². The van der Waals surface area contributed by atoms with Gasteiger partial charge >= 0.3 is 6.01 Å². The molecule has 0 bridgehead atoms. The quantitative estimate of drug-likeness (QED) is 0.707. The SMILES string of the molecule is COc1ncc(-n2nc(OCCN3CCC(C(C)(C)O)CC3)c3c2CCOCC3)cn1. The topological polar surface area (TPSA) is 94.8 Å². The van der Waals surface area contributed by atoms with E-state index in [0.29, 0.717) is 37.6 Å². The van der Waals surface area contributed by atoms with Crippen molar-refractivity contribution in [2.45, 2.75) is 45.1 Å². The van der Waals surface area contributed by atoms with Crippen molar-refractivity contribution in [1.29, 1.82) is 0 Å². The number of nitrogens with zero attached hydrogens (tertiary/aromatic N) is 5. The first-order valence-corrected chi connectivity index (χ1v) is 11.1. The number of rotatable bonds is 7. The molecule has 2 aliphatic rings. The molecule has 0 amide bonds. The molecule has 2 aromatic heterocycles. The molecule has 1 fully saturated rings. The number of hydrogen-bond donors (Lipinski definition) is 1. The van der Waals surface area contributed by atoms with E-state index < -0.39 is 5.60 Å². The Kier molecular flexibility index (Phi) is 6.74. The third-order valence-corrected chi connectivity index (χ3v) is 6.31. The van der Waals surface area contributed by atoms with Crippen LogP contribution in [0.2, 0.25) is 0 Å². The summed E-state index contributed by atoms with van der Waals surface area (Å²) in [5.41, 5.74) is 2.38. The zero-order chi connectivity index (χ0) is 21.8. The Balaban J connectivity index is 1.42. The highest BCUT2D eigenvalue weighted by atomic mass is 16.5. The summed E-state index contributed by atoms with van der Waals surface area (Å²) in [5, 5.41) is 15.0. The van der Waals surface area contributed by atoms with E-state index in [9.17, 15) is 5.11 Å². The van der Waals surface area contributed by atoms with Crippen LogP contribution in [0.15, 0.2) is 12.4 Å². The standard InChI is InChI=1S/C22H33N5O4/c1-22(2,28)16-4-8-26(9-5-16)10-13-31-20-18-6-11-30-12-7-19(18)27(25-20)17-14-23-21(29-3)24-15-17/h14-16,28H,4-13H2,1-3H3. The van der Waals surface area contributed by atoms with Gasteiger partial charge in [-0.2, -0.15) is 0 Å². The molecule has 4 rings (SSSR count). The van der Waals surface area contributed by atoms with Crippen LogP contribution in [0.3, 0.4) is 0 Å². The minimum Gasteiger partial charge on any atom is -0.475 e. The van der Waals surface area contributed by atoms with Gasteiger partial charge in [-0.05, 0) is 45.7 Å². The van der Waals surface area contributed by atoms with Crippen molar-refractivity contribution in [3.63, 3.8) is 0 Å². The molecule has 0 aromatic carbocycles. The van der Waals surface area contributed by atoms with E-state index in [0.717, 1.165) is 62.3 Å². The van der Waals surface area contributed by atoms with Crippen LogP contribution in [-0.4, -0.2) is 81.9 Å². The normalized spacial score (nSPS) is 18.5. The Bertz CT molecular complexity index is 854. The fraction of sp³-hybridized carbons (Fsp3) is 0.682. The van der Waals surface area contributed by atoms with Gasteiger partial charge in [-0.25, -0.2) is 14.6 Å². The summed E-state index contributed by atoms with van der Waals surface area (Å²) >= 11 is 0. The molecule has 0 radical (unpaired) electrons. The van der Waals surface area contributed by atoms with Crippen molar-refractivity contribution in [1.82, 2.24) is 24.6 Å². The van der Waals surface area contributed by atoms with Gasteiger partial charge in [-0.15, -0.1) is 5.10 Å². The molecular formula is C22H33N5O4. The number of aromatic nitrogens is 4. The highest BCUT2D eigenvalue weighted by molar-refractivity contribution is 5.39. The van der Waals surface area contributed by atoms with Gasteiger partial charge in [0, 0.05) is 24.9 Å². The highest BCUT2D eigenvalue weighted by Gasteiger charge is 2.30. The lowest BCUT2D eigenvalue weighted by atomic mass is 9.83. The maximum absolute atomic E-state index is 10.2. The first-order valence-electron chi connectivity index (χ1n) is 11.1.